The van der Waals surface area contributed by atoms with Crippen molar-refractivity contribution in [1.29, 1.82) is 0 Å². The Balaban J connectivity index is 2.39. The minimum absolute atomic E-state index is 0.0359. The fourth-order valence-electron chi connectivity index (χ4n) is 2.20. The molecule has 2 nitrogen and oxygen atoms in total. The molecule has 0 aromatic heterocycles. The molecule has 3 atom stereocenters. The second-order valence-electron chi connectivity index (χ2n) is 4.99. The molecule has 1 saturated heterocycles. The third kappa shape index (κ3) is 4.07. The first-order chi connectivity index (χ1) is 7.06. The van der Waals surface area contributed by atoms with Crippen molar-refractivity contribution in [2.75, 3.05) is 20.3 Å². The van der Waals surface area contributed by atoms with Gasteiger partial charge in [0.2, 0.25) is 0 Å². The zero-order chi connectivity index (χ0) is 11.3. The summed E-state index contributed by atoms with van der Waals surface area (Å²) >= 11 is 0. The van der Waals surface area contributed by atoms with Crippen molar-refractivity contribution in [2.45, 2.75) is 51.2 Å². The van der Waals surface area contributed by atoms with Gasteiger partial charge in [-0.3, -0.25) is 0 Å². The fraction of sp³-hybridized carbons (Fsp3) is 1.00. The van der Waals surface area contributed by atoms with Crippen molar-refractivity contribution < 1.29 is 9.13 Å². The van der Waals surface area contributed by atoms with Crippen molar-refractivity contribution >= 4 is 0 Å². The predicted octanol–water partition coefficient (Wildman–Crippen LogP) is 2.53. The van der Waals surface area contributed by atoms with Gasteiger partial charge >= 0.3 is 0 Å². The second-order valence-corrected chi connectivity index (χ2v) is 4.99. The zero-order valence-electron chi connectivity index (χ0n) is 10.2. The molecule has 3 heteroatoms. The van der Waals surface area contributed by atoms with Gasteiger partial charge in [-0.1, -0.05) is 13.3 Å². The number of methoxy groups -OCH3 is 1. The van der Waals surface area contributed by atoms with Crippen molar-refractivity contribution in [2.24, 2.45) is 5.92 Å². The highest BCUT2D eigenvalue weighted by atomic mass is 19.1. The molecule has 0 aromatic rings. The summed E-state index contributed by atoms with van der Waals surface area (Å²) in [6, 6.07) is 0.355. The van der Waals surface area contributed by atoms with E-state index in [0.717, 1.165) is 13.0 Å². The molecule has 0 amide bonds. The molecule has 90 valence electrons. The maximum Gasteiger partial charge on any atom is 0.114 e. The Morgan fingerprint density at radius 3 is 2.80 bits per heavy atom. The van der Waals surface area contributed by atoms with Gasteiger partial charge < -0.3 is 10.1 Å². The van der Waals surface area contributed by atoms with E-state index in [4.69, 9.17) is 4.74 Å². The maximum atomic E-state index is 14.3. The van der Waals surface area contributed by atoms with Gasteiger partial charge in [-0.2, -0.15) is 0 Å². The monoisotopic (exact) mass is 217 g/mol. The van der Waals surface area contributed by atoms with Gasteiger partial charge in [-0.25, -0.2) is 4.39 Å². The molecule has 15 heavy (non-hydrogen) atoms. The van der Waals surface area contributed by atoms with Crippen LogP contribution in [-0.4, -0.2) is 32.0 Å². The summed E-state index contributed by atoms with van der Waals surface area (Å²) in [5, 5.41) is 3.39. The van der Waals surface area contributed by atoms with Crippen molar-refractivity contribution in [3.05, 3.63) is 0 Å². The lowest BCUT2D eigenvalue weighted by molar-refractivity contribution is 0.0305. The van der Waals surface area contributed by atoms with Gasteiger partial charge in [-0.05, 0) is 32.7 Å². The second kappa shape index (κ2) is 5.80. The quantitative estimate of drug-likeness (QED) is 0.764. The van der Waals surface area contributed by atoms with Crippen LogP contribution in [0.15, 0.2) is 0 Å². The van der Waals surface area contributed by atoms with Gasteiger partial charge in [0, 0.05) is 19.1 Å². The van der Waals surface area contributed by atoms with Crippen LogP contribution in [0.4, 0.5) is 4.39 Å². The van der Waals surface area contributed by atoms with Gasteiger partial charge in [0.05, 0.1) is 6.61 Å². The lowest BCUT2D eigenvalue weighted by Gasteiger charge is -2.33. The Morgan fingerprint density at radius 2 is 2.27 bits per heavy atom. The van der Waals surface area contributed by atoms with Crippen LogP contribution < -0.4 is 5.32 Å². The normalized spacial score (nSPS) is 28.4. The summed E-state index contributed by atoms with van der Waals surface area (Å²) in [5.74, 6) is -0.0359. The molecule has 1 aliphatic rings. The number of ether oxygens (including phenoxy) is 1. The number of hydrogen-bond donors (Lipinski definition) is 1. The molecule has 0 saturated carbocycles. The van der Waals surface area contributed by atoms with E-state index in [1.54, 1.807) is 14.0 Å². The lowest BCUT2D eigenvalue weighted by atomic mass is 9.85. The molecule has 0 radical (unpaired) electrons. The van der Waals surface area contributed by atoms with Crippen LogP contribution in [0.5, 0.6) is 0 Å². The zero-order valence-corrected chi connectivity index (χ0v) is 10.2. The van der Waals surface area contributed by atoms with Crippen LogP contribution in [0.2, 0.25) is 0 Å². The predicted molar refractivity (Wildman–Crippen MR) is 60.8 cm³/mol. The smallest absolute Gasteiger partial charge is 0.114 e. The number of alkyl halides is 1. The van der Waals surface area contributed by atoms with Crippen LogP contribution in [-0.2, 0) is 4.74 Å². The van der Waals surface area contributed by atoms with E-state index in [9.17, 15) is 4.39 Å². The number of piperidine rings is 1. The average Bonchev–Trinajstić information content (AvgIpc) is 2.19. The van der Waals surface area contributed by atoms with Gasteiger partial charge in [-0.15, -0.1) is 0 Å². The van der Waals surface area contributed by atoms with Crippen LogP contribution in [0.25, 0.3) is 0 Å². The molecule has 1 N–H and O–H groups in total. The van der Waals surface area contributed by atoms with E-state index in [1.807, 2.05) is 6.92 Å². The number of hydrogen-bond acceptors (Lipinski definition) is 2. The standard InChI is InChI=1S/C12H24FNO/c1-10(9-15-3)12(2,13)8-11-6-4-5-7-14-11/h10-11,14H,4-9H2,1-3H3. The molecule has 1 rings (SSSR count). The first-order valence-corrected chi connectivity index (χ1v) is 5.97. The summed E-state index contributed by atoms with van der Waals surface area (Å²) in [6.07, 6.45) is 4.18. The molecular weight excluding hydrogens is 193 g/mol. The third-order valence-electron chi connectivity index (χ3n) is 3.50. The molecule has 0 aliphatic carbocycles. The highest BCUT2D eigenvalue weighted by Crippen LogP contribution is 2.29. The molecule has 1 aliphatic heterocycles. The average molecular weight is 217 g/mol. The first kappa shape index (κ1) is 12.9. The number of halogens is 1. The van der Waals surface area contributed by atoms with Crippen LogP contribution >= 0.6 is 0 Å². The molecular formula is C12H24FNO. The van der Waals surface area contributed by atoms with Gasteiger partial charge in [0.25, 0.3) is 0 Å². The van der Waals surface area contributed by atoms with Crippen LogP contribution in [0, 0.1) is 5.92 Å². The number of nitrogens with one attached hydrogen (secondary N) is 1. The summed E-state index contributed by atoms with van der Waals surface area (Å²) < 4.78 is 19.4. The van der Waals surface area contributed by atoms with E-state index in [-0.39, 0.29) is 5.92 Å². The Kier molecular flexibility index (Phi) is 5.00. The molecule has 0 bridgehead atoms. The molecule has 3 unspecified atom stereocenters. The summed E-state index contributed by atoms with van der Waals surface area (Å²) in [7, 11) is 1.63. The van der Waals surface area contributed by atoms with E-state index in [1.165, 1.54) is 12.8 Å². The largest absolute Gasteiger partial charge is 0.384 e. The summed E-state index contributed by atoms with van der Waals surface area (Å²) in [5.41, 5.74) is -1.12. The van der Waals surface area contributed by atoms with E-state index < -0.39 is 5.67 Å². The first-order valence-electron chi connectivity index (χ1n) is 5.97. The van der Waals surface area contributed by atoms with E-state index in [2.05, 4.69) is 5.32 Å². The highest BCUT2D eigenvalue weighted by Gasteiger charge is 2.34. The van der Waals surface area contributed by atoms with Gasteiger partial charge in [0.1, 0.15) is 5.67 Å². The van der Waals surface area contributed by atoms with E-state index in [0.29, 0.717) is 19.1 Å². The van der Waals surface area contributed by atoms with Gasteiger partial charge in [0.15, 0.2) is 0 Å². The van der Waals surface area contributed by atoms with Crippen LogP contribution in [0.3, 0.4) is 0 Å². The minimum atomic E-state index is -1.12. The Labute approximate surface area is 92.6 Å². The number of rotatable bonds is 5. The summed E-state index contributed by atoms with van der Waals surface area (Å²) in [4.78, 5) is 0. The van der Waals surface area contributed by atoms with Crippen molar-refractivity contribution in [1.82, 2.24) is 5.32 Å². The van der Waals surface area contributed by atoms with Crippen molar-refractivity contribution in [3.8, 4) is 0 Å². The molecule has 0 spiro atoms. The maximum absolute atomic E-state index is 14.3. The fourth-order valence-corrected chi connectivity index (χ4v) is 2.20. The minimum Gasteiger partial charge on any atom is -0.384 e. The lowest BCUT2D eigenvalue weighted by Crippen LogP contribution is -2.42. The molecule has 0 aromatic carbocycles. The SMILES string of the molecule is COCC(C)C(C)(F)CC1CCCCN1. The highest BCUT2D eigenvalue weighted by molar-refractivity contribution is 4.86. The Morgan fingerprint density at radius 1 is 1.53 bits per heavy atom. The Bertz CT molecular complexity index is 178. The molecule has 1 fully saturated rings. The summed E-state index contributed by atoms with van der Waals surface area (Å²) in [6.45, 7) is 5.17. The third-order valence-corrected chi connectivity index (χ3v) is 3.50. The molecule has 1 heterocycles. The topological polar surface area (TPSA) is 21.3 Å². The Hall–Kier alpha value is -0.150. The van der Waals surface area contributed by atoms with Crippen molar-refractivity contribution in [3.63, 3.8) is 0 Å². The van der Waals surface area contributed by atoms with Crippen LogP contribution in [0.1, 0.15) is 39.5 Å². The van der Waals surface area contributed by atoms with E-state index >= 15 is 0 Å².